The van der Waals surface area contributed by atoms with Crippen LogP contribution in [0.2, 0.25) is 0 Å². The van der Waals surface area contributed by atoms with Crippen molar-refractivity contribution in [3.63, 3.8) is 0 Å². The Bertz CT molecular complexity index is 684. The number of para-hydroxylation sites is 1. The van der Waals surface area contributed by atoms with Gasteiger partial charge in [0.25, 0.3) is 0 Å². The molecule has 4 rings (SSSR count). The highest BCUT2D eigenvalue weighted by molar-refractivity contribution is 5.46. The molecule has 0 aliphatic carbocycles. The van der Waals surface area contributed by atoms with Gasteiger partial charge in [-0.1, -0.05) is 18.2 Å². The third kappa shape index (κ3) is 3.97. The number of piperazine rings is 1. The van der Waals surface area contributed by atoms with Crippen LogP contribution in [-0.4, -0.2) is 55.1 Å². The molecule has 0 saturated carbocycles. The lowest BCUT2D eigenvalue weighted by Gasteiger charge is -2.43. The van der Waals surface area contributed by atoms with Crippen molar-refractivity contribution in [2.45, 2.75) is 39.3 Å². The van der Waals surface area contributed by atoms with Crippen LogP contribution in [0.1, 0.15) is 29.9 Å². The van der Waals surface area contributed by atoms with Crippen LogP contribution >= 0.6 is 0 Å². The molecular formula is C22H31N3O. The van der Waals surface area contributed by atoms with Gasteiger partial charge < -0.3 is 9.32 Å². The van der Waals surface area contributed by atoms with Gasteiger partial charge in [-0.25, -0.2) is 0 Å². The van der Waals surface area contributed by atoms with Gasteiger partial charge in [0.15, 0.2) is 0 Å². The van der Waals surface area contributed by atoms with Crippen molar-refractivity contribution in [1.82, 2.24) is 9.80 Å². The van der Waals surface area contributed by atoms with E-state index in [2.05, 4.69) is 64.9 Å². The first-order valence-electron chi connectivity index (χ1n) is 10.0. The van der Waals surface area contributed by atoms with Crippen molar-refractivity contribution in [2.24, 2.45) is 0 Å². The Morgan fingerprint density at radius 1 is 1.00 bits per heavy atom. The Morgan fingerprint density at radius 2 is 1.77 bits per heavy atom. The summed E-state index contributed by atoms with van der Waals surface area (Å²) in [6.45, 7) is 12.1. The van der Waals surface area contributed by atoms with Crippen LogP contribution in [0, 0.1) is 13.8 Å². The summed E-state index contributed by atoms with van der Waals surface area (Å²) in [5, 5.41) is 0. The Morgan fingerprint density at radius 3 is 2.46 bits per heavy atom. The van der Waals surface area contributed by atoms with Gasteiger partial charge in [-0.15, -0.1) is 0 Å². The summed E-state index contributed by atoms with van der Waals surface area (Å²) in [6.07, 6.45) is 2.63. The summed E-state index contributed by atoms with van der Waals surface area (Å²) in [4.78, 5) is 7.81. The van der Waals surface area contributed by atoms with E-state index in [0.29, 0.717) is 6.04 Å². The van der Waals surface area contributed by atoms with Crippen LogP contribution in [0.4, 0.5) is 5.69 Å². The molecule has 0 bridgehead atoms. The second-order valence-corrected chi connectivity index (χ2v) is 7.84. The topological polar surface area (TPSA) is 22.9 Å². The molecule has 1 unspecified atom stereocenters. The smallest absolute Gasteiger partial charge is 0.118 e. The van der Waals surface area contributed by atoms with Crippen LogP contribution in [-0.2, 0) is 6.54 Å². The van der Waals surface area contributed by atoms with Crippen LogP contribution in [0.5, 0.6) is 0 Å². The zero-order valence-corrected chi connectivity index (χ0v) is 16.2. The molecule has 0 spiro atoms. The molecule has 2 fully saturated rings. The van der Waals surface area contributed by atoms with E-state index in [1.165, 1.54) is 50.3 Å². The molecule has 2 saturated heterocycles. The van der Waals surface area contributed by atoms with E-state index in [9.17, 15) is 0 Å². The standard InChI is InChI=1S/C22H31N3O/c1-18-15-22(26-19(18)2)17-23-10-6-9-21(16-23)25-13-11-24(12-14-25)20-7-4-3-5-8-20/h3-5,7-8,15,21H,6,9-14,16-17H2,1-2H3. The van der Waals surface area contributed by atoms with Gasteiger partial charge in [0, 0.05) is 44.5 Å². The molecule has 3 heterocycles. The molecule has 0 amide bonds. The average molecular weight is 354 g/mol. The molecule has 2 aliphatic heterocycles. The molecule has 2 aliphatic rings. The van der Waals surface area contributed by atoms with Crippen LogP contribution < -0.4 is 4.90 Å². The van der Waals surface area contributed by atoms with E-state index in [-0.39, 0.29) is 0 Å². The highest BCUT2D eigenvalue weighted by Gasteiger charge is 2.28. The first kappa shape index (κ1) is 17.6. The van der Waals surface area contributed by atoms with Crippen molar-refractivity contribution in [3.8, 4) is 0 Å². The number of aryl methyl sites for hydroxylation is 2. The molecule has 140 valence electrons. The van der Waals surface area contributed by atoms with Gasteiger partial charge in [-0.05, 0) is 57.0 Å². The fourth-order valence-electron chi connectivity index (χ4n) is 4.40. The number of likely N-dealkylation sites (tertiary alicyclic amines) is 1. The highest BCUT2D eigenvalue weighted by atomic mass is 16.3. The van der Waals surface area contributed by atoms with E-state index in [4.69, 9.17) is 4.42 Å². The number of hydrogen-bond donors (Lipinski definition) is 0. The zero-order valence-electron chi connectivity index (χ0n) is 16.2. The average Bonchev–Trinajstić information content (AvgIpc) is 3.00. The van der Waals surface area contributed by atoms with Crippen molar-refractivity contribution < 1.29 is 4.42 Å². The van der Waals surface area contributed by atoms with E-state index in [1.54, 1.807) is 0 Å². The normalized spacial score (nSPS) is 22.7. The predicted octanol–water partition coefficient (Wildman–Crippen LogP) is 3.68. The first-order chi connectivity index (χ1) is 12.7. The Kier molecular flexibility index (Phi) is 5.32. The summed E-state index contributed by atoms with van der Waals surface area (Å²) in [6, 6.07) is 13.7. The van der Waals surface area contributed by atoms with Gasteiger partial charge in [0.1, 0.15) is 11.5 Å². The Labute approximate surface area is 157 Å². The molecule has 4 nitrogen and oxygen atoms in total. The molecule has 1 atom stereocenters. The van der Waals surface area contributed by atoms with Crippen molar-refractivity contribution in [3.05, 3.63) is 53.5 Å². The second kappa shape index (κ2) is 7.85. The maximum Gasteiger partial charge on any atom is 0.118 e. The lowest BCUT2D eigenvalue weighted by molar-refractivity contribution is 0.0848. The van der Waals surface area contributed by atoms with E-state index >= 15 is 0 Å². The van der Waals surface area contributed by atoms with Crippen molar-refractivity contribution in [1.29, 1.82) is 0 Å². The fourth-order valence-corrected chi connectivity index (χ4v) is 4.40. The number of rotatable bonds is 4. The number of hydrogen-bond acceptors (Lipinski definition) is 4. The largest absolute Gasteiger partial charge is 0.465 e. The van der Waals surface area contributed by atoms with Crippen molar-refractivity contribution >= 4 is 5.69 Å². The quantitative estimate of drug-likeness (QED) is 0.836. The van der Waals surface area contributed by atoms with Crippen molar-refractivity contribution in [2.75, 3.05) is 44.2 Å². The molecular weight excluding hydrogens is 322 g/mol. The van der Waals surface area contributed by atoms with Crippen LogP contribution in [0.15, 0.2) is 40.8 Å². The lowest BCUT2D eigenvalue weighted by Crippen LogP contribution is -2.55. The highest BCUT2D eigenvalue weighted by Crippen LogP contribution is 2.23. The van der Waals surface area contributed by atoms with Gasteiger partial charge in [0.05, 0.1) is 6.54 Å². The van der Waals surface area contributed by atoms with E-state index < -0.39 is 0 Å². The van der Waals surface area contributed by atoms with Gasteiger partial charge >= 0.3 is 0 Å². The molecule has 26 heavy (non-hydrogen) atoms. The third-order valence-corrected chi connectivity index (χ3v) is 6.03. The van der Waals surface area contributed by atoms with Crippen LogP contribution in [0.3, 0.4) is 0 Å². The molecule has 0 radical (unpaired) electrons. The molecule has 2 aromatic rings. The number of benzene rings is 1. The molecule has 0 N–H and O–H groups in total. The summed E-state index contributed by atoms with van der Waals surface area (Å²) < 4.78 is 5.90. The van der Waals surface area contributed by atoms with E-state index in [1.807, 2.05) is 0 Å². The zero-order chi connectivity index (χ0) is 17.9. The summed E-state index contributed by atoms with van der Waals surface area (Å²) >= 11 is 0. The minimum atomic E-state index is 0.693. The number of piperidine rings is 1. The summed E-state index contributed by atoms with van der Waals surface area (Å²) in [7, 11) is 0. The van der Waals surface area contributed by atoms with Crippen LogP contribution in [0.25, 0.3) is 0 Å². The fraction of sp³-hybridized carbons (Fsp3) is 0.545. The third-order valence-electron chi connectivity index (χ3n) is 6.03. The Hall–Kier alpha value is -1.78. The number of furan rings is 1. The van der Waals surface area contributed by atoms with Gasteiger partial charge in [-0.3, -0.25) is 9.80 Å². The summed E-state index contributed by atoms with van der Waals surface area (Å²) in [5.41, 5.74) is 2.63. The van der Waals surface area contributed by atoms with Gasteiger partial charge in [0.2, 0.25) is 0 Å². The lowest BCUT2D eigenvalue weighted by atomic mass is 10.0. The number of nitrogens with zero attached hydrogens (tertiary/aromatic N) is 3. The maximum atomic E-state index is 5.90. The summed E-state index contributed by atoms with van der Waals surface area (Å²) in [5.74, 6) is 2.18. The maximum absolute atomic E-state index is 5.90. The Balaban J connectivity index is 1.31. The van der Waals surface area contributed by atoms with Gasteiger partial charge in [-0.2, -0.15) is 0 Å². The van der Waals surface area contributed by atoms with E-state index in [0.717, 1.165) is 31.2 Å². The number of anilines is 1. The minimum Gasteiger partial charge on any atom is -0.465 e. The molecule has 4 heteroatoms. The SMILES string of the molecule is Cc1cc(CN2CCCC(N3CCN(c4ccccc4)CC3)C2)oc1C. The molecule has 1 aromatic heterocycles. The predicted molar refractivity (Wildman–Crippen MR) is 107 cm³/mol. The molecule has 1 aromatic carbocycles. The first-order valence-corrected chi connectivity index (χ1v) is 10.0. The monoisotopic (exact) mass is 353 g/mol. The second-order valence-electron chi connectivity index (χ2n) is 7.84. The minimum absolute atomic E-state index is 0.693.